The number of hydrogen-bond donors (Lipinski definition) is 0. The van der Waals surface area contributed by atoms with Crippen molar-refractivity contribution in [1.82, 2.24) is 0 Å². The molecule has 5 aromatic carbocycles. The van der Waals surface area contributed by atoms with E-state index in [0.29, 0.717) is 16.7 Å². The van der Waals surface area contributed by atoms with Crippen LogP contribution in [0.3, 0.4) is 0 Å². The SMILES string of the molecule is CCCCCc1ccc(C(F)(F)Oc2ccc(-c3ccc(-c4ccc(-c5ccc(F)c(F)c5)c(F)c4)cc3)c(F)c2)cc1. The van der Waals surface area contributed by atoms with Gasteiger partial charge in [-0.3, -0.25) is 0 Å². The topological polar surface area (TPSA) is 9.23 Å². The molecule has 5 rings (SSSR count). The fourth-order valence-electron chi connectivity index (χ4n) is 4.88. The van der Waals surface area contributed by atoms with E-state index in [1.807, 2.05) is 0 Å². The molecule has 7 heteroatoms. The molecule has 5 aromatic rings. The van der Waals surface area contributed by atoms with Crippen LogP contribution in [0.25, 0.3) is 33.4 Å². The van der Waals surface area contributed by atoms with Crippen molar-refractivity contribution >= 4 is 0 Å². The first-order valence-electron chi connectivity index (χ1n) is 14.0. The zero-order valence-corrected chi connectivity index (χ0v) is 23.3. The Morgan fingerprint density at radius 3 is 1.77 bits per heavy atom. The fraction of sp³-hybridized carbons (Fsp3) is 0.167. The quantitative estimate of drug-likeness (QED) is 0.116. The van der Waals surface area contributed by atoms with Crippen LogP contribution in [0, 0.1) is 23.3 Å². The highest BCUT2D eigenvalue weighted by Gasteiger charge is 2.34. The standard InChI is InChI=1S/C36H28F6O/c1-2-3-4-5-23-6-14-28(15-7-23)36(41,42)43-29-16-18-30(34(39)22-29)25-10-8-24(9-11-25)26-12-17-31(33(38)20-26)27-13-19-32(37)35(40)21-27/h6-22H,2-5H2,1H3. The molecule has 0 atom stereocenters. The molecule has 0 radical (unpaired) electrons. The van der Waals surface area contributed by atoms with E-state index in [0.717, 1.165) is 49.4 Å². The van der Waals surface area contributed by atoms with Gasteiger partial charge in [-0.2, -0.15) is 8.78 Å². The summed E-state index contributed by atoms with van der Waals surface area (Å²) < 4.78 is 91.3. The summed E-state index contributed by atoms with van der Waals surface area (Å²) in [6, 6.07) is 23.7. The van der Waals surface area contributed by atoms with E-state index in [1.54, 1.807) is 42.5 Å². The smallest absolute Gasteiger partial charge is 0.426 e. The summed E-state index contributed by atoms with van der Waals surface area (Å²) in [5.74, 6) is -3.76. The van der Waals surface area contributed by atoms with Gasteiger partial charge in [0, 0.05) is 17.2 Å². The van der Waals surface area contributed by atoms with Crippen LogP contribution in [-0.2, 0) is 12.5 Å². The minimum Gasteiger partial charge on any atom is -0.429 e. The predicted octanol–water partition coefficient (Wildman–Crippen LogP) is 11.1. The van der Waals surface area contributed by atoms with Gasteiger partial charge in [-0.15, -0.1) is 0 Å². The Balaban J connectivity index is 1.28. The molecule has 0 saturated heterocycles. The number of aryl methyl sites for hydroxylation is 1. The molecule has 220 valence electrons. The Labute approximate surface area is 246 Å². The second kappa shape index (κ2) is 12.8. The summed E-state index contributed by atoms with van der Waals surface area (Å²) in [7, 11) is 0. The lowest BCUT2D eigenvalue weighted by Gasteiger charge is -2.19. The maximum absolute atomic E-state index is 15.0. The van der Waals surface area contributed by atoms with Gasteiger partial charge in [-0.05, 0) is 83.1 Å². The zero-order chi connectivity index (χ0) is 30.6. The minimum absolute atomic E-state index is 0.119. The molecule has 0 bridgehead atoms. The Hall–Kier alpha value is -4.52. The van der Waals surface area contributed by atoms with Crippen LogP contribution < -0.4 is 4.74 Å². The molecule has 0 aliphatic heterocycles. The van der Waals surface area contributed by atoms with Gasteiger partial charge in [0.05, 0.1) is 5.56 Å². The Morgan fingerprint density at radius 2 is 1.12 bits per heavy atom. The molecule has 0 unspecified atom stereocenters. The molecular formula is C36H28F6O. The molecular weight excluding hydrogens is 562 g/mol. The molecule has 0 N–H and O–H groups in total. The summed E-state index contributed by atoms with van der Waals surface area (Å²) in [6.45, 7) is 2.10. The molecule has 0 aromatic heterocycles. The van der Waals surface area contributed by atoms with Gasteiger partial charge in [0.15, 0.2) is 11.6 Å². The zero-order valence-electron chi connectivity index (χ0n) is 23.3. The maximum atomic E-state index is 15.0. The number of alkyl halides is 2. The Bertz CT molecular complexity index is 1710. The predicted molar refractivity (Wildman–Crippen MR) is 157 cm³/mol. The van der Waals surface area contributed by atoms with Crippen molar-refractivity contribution in [3.8, 4) is 39.1 Å². The minimum atomic E-state index is -3.65. The first-order valence-corrected chi connectivity index (χ1v) is 14.0. The lowest BCUT2D eigenvalue weighted by Crippen LogP contribution is -2.22. The summed E-state index contributed by atoms with van der Waals surface area (Å²) in [4.78, 5) is 0. The average molecular weight is 591 g/mol. The second-order valence-corrected chi connectivity index (χ2v) is 10.3. The third-order valence-corrected chi connectivity index (χ3v) is 7.27. The highest BCUT2D eigenvalue weighted by Crippen LogP contribution is 2.35. The van der Waals surface area contributed by atoms with Crippen LogP contribution >= 0.6 is 0 Å². The summed E-state index contributed by atoms with van der Waals surface area (Å²) in [5, 5.41) is 0. The molecule has 0 saturated carbocycles. The van der Waals surface area contributed by atoms with Crippen molar-refractivity contribution in [1.29, 1.82) is 0 Å². The number of ether oxygens (including phenoxy) is 1. The molecule has 0 heterocycles. The van der Waals surface area contributed by atoms with E-state index in [9.17, 15) is 22.0 Å². The van der Waals surface area contributed by atoms with Crippen LogP contribution in [0.1, 0.15) is 37.3 Å². The van der Waals surface area contributed by atoms with Crippen LogP contribution in [-0.4, -0.2) is 0 Å². The van der Waals surface area contributed by atoms with Gasteiger partial charge in [0.25, 0.3) is 0 Å². The Morgan fingerprint density at radius 1 is 0.535 bits per heavy atom. The van der Waals surface area contributed by atoms with Gasteiger partial charge in [0.1, 0.15) is 17.4 Å². The number of rotatable bonds is 10. The first kappa shape index (κ1) is 30.0. The van der Waals surface area contributed by atoms with Gasteiger partial charge in [-0.1, -0.05) is 74.4 Å². The molecule has 0 fully saturated rings. The van der Waals surface area contributed by atoms with E-state index in [2.05, 4.69) is 6.92 Å². The molecule has 0 spiro atoms. The van der Waals surface area contributed by atoms with Crippen molar-refractivity contribution in [3.63, 3.8) is 0 Å². The van der Waals surface area contributed by atoms with Crippen molar-refractivity contribution in [2.75, 3.05) is 0 Å². The largest absolute Gasteiger partial charge is 0.429 e. The van der Waals surface area contributed by atoms with Crippen molar-refractivity contribution < 1.29 is 31.1 Å². The summed E-state index contributed by atoms with van der Waals surface area (Å²) in [5.41, 5.74) is 2.80. The molecule has 43 heavy (non-hydrogen) atoms. The van der Waals surface area contributed by atoms with E-state index >= 15 is 4.39 Å². The first-order chi connectivity index (χ1) is 20.6. The lowest BCUT2D eigenvalue weighted by atomic mass is 9.97. The highest BCUT2D eigenvalue weighted by molar-refractivity contribution is 5.74. The maximum Gasteiger partial charge on any atom is 0.426 e. The third kappa shape index (κ3) is 6.94. The highest BCUT2D eigenvalue weighted by atomic mass is 19.3. The van der Waals surface area contributed by atoms with E-state index in [1.165, 1.54) is 42.5 Å². The van der Waals surface area contributed by atoms with Gasteiger partial charge in [0.2, 0.25) is 0 Å². The number of benzene rings is 5. The van der Waals surface area contributed by atoms with E-state index in [-0.39, 0.29) is 28.0 Å². The summed E-state index contributed by atoms with van der Waals surface area (Å²) >= 11 is 0. The van der Waals surface area contributed by atoms with Gasteiger partial charge in [-0.25, -0.2) is 17.6 Å². The van der Waals surface area contributed by atoms with Crippen molar-refractivity contribution in [3.05, 3.63) is 138 Å². The number of unbranched alkanes of at least 4 members (excludes halogenated alkanes) is 2. The molecule has 0 amide bonds. The van der Waals surface area contributed by atoms with E-state index in [4.69, 9.17) is 4.74 Å². The lowest BCUT2D eigenvalue weighted by molar-refractivity contribution is -0.185. The van der Waals surface area contributed by atoms with Gasteiger partial charge < -0.3 is 4.74 Å². The molecule has 1 nitrogen and oxygen atoms in total. The third-order valence-electron chi connectivity index (χ3n) is 7.27. The van der Waals surface area contributed by atoms with Crippen LogP contribution in [0.5, 0.6) is 5.75 Å². The average Bonchev–Trinajstić information content (AvgIpc) is 2.99. The fourth-order valence-corrected chi connectivity index (χ4v) is 4.88. The molecule has 0 aliphatic rings. The van der Waals surface area contributed by atoms with Crippen LogP contribution in [0.2, 0.25) is 0 Å². The van der Waals surface area contributed by atoms with Crippen LogP contribution in [0.4, 0.5) is 26.3 Å². The number of hydrogen-bond acceptors (Lipinski definition) is 1. The molecule has 0 aliphatic carbocycles. The number of halogens is 6. The second-order valence-electron chi connectivity index (χ2n) is 10.3. The van der Waals surface area contributed by atoms with E-state index < -0.39 is 29.4 Å². The monoisotopic (exact) mass is 590 g/mol. The van der Waals surface area contributed by atoms with Gasteiger partial charge >= 0.3 is 6.11 Å². The normalized spacial score (nSPS) is 11.5. The van der Waals surface area contributed by atoms with Crippen LogP contribution in [0.15, 0.2) is 103 Å². The van der Waals surface area contributed by atoms with Crippen molar-refractivity contribution in [2.45, 2.75) is 38.7 Å². The summed E-state index contributed by atoms with van der Waals surface area (Å²) in [6.07, 6.45) is 0.312. The Kier molecular flexibility index (Phi) is 8.90. The van der Waals surface area contributed by atoms with Crippen molar-refractivity contribution in [2.24, 2.45) is 0 Å².